The van der Waals surface area contributed by atoms with Crippen LogP contribution in [0, 0.1) is 0 Å². The third-order valence-electron chi connectivity index (χ3n) is 3.77. The Morgan fingerprint density at radius 3 is 2.08 bits per heavy atom. The zero-order valence-electron chi connectivity index (χ0n) is 15.2. The Bertz CT molecular complexity index is 740. The second kappa shape index (κ2) is 6.62. The molecule has 0 bridgehead atoms. The van der Waals surface area contributed by atoms with Gasteiger partial charge in [-0.15, -0.1) is 22.7 Å². The number of aliphatic hydroxyl groups is 1. The first-order valence-corrected chi connectivity index (χ1v) is 9.66. The van der Waals surface area contributed by atoms with Crippen LogP contribution in [0.2, 0.25) is 0 Å². The molecule has 0 fully saturated rings. The van der Waals surface area contributed by atoms with Crippen molar-refractivity contribution in [2.24, 2.45) is 0 Å². The number of carbonyl (C=O) groups is 1. The van der Waals surface area contributed by atoms with Crippen molar-refractivity contribution >= 4 is 28.6 Å². The van der Waals surface area contributed by atoms with Gasteiger partial charge in [0, 0.05) is 14.6 Å². The Labute approximate surface area is 152 Å². The Kier molecular flexibility index (Phi) is 5.28. The maximum atomic E-state index is 11.2. The highest BCUT2D eigenvalue weighted by Gasteiger charge is 2.26. The molecule has 2 rings (SSSR count). The molecule has 0 amide bonds. The summed E-state index contributed by atoms with van der Waals surface area (Å²) in [6.45, 7) is 12.8. The van der Waals surface area contributed by atoms with E-state index in [1.807, 2.05) is 6.07 Å². The Morgan fingerprint density at radius 1 is 1.00 bits per heavy atom. The molecule has 0 aliphatic carbocycles. The number of thiophene rings is 2. The zero-order valence-corrected chi connectivity index (χ0v) is 16.8. The topological polar surface area (TPSA) is 57.5 Å². The van der Waals surface area contributed by atoms with Crippen molar-refractivity contribution in [1.29, 1.82) is 0 Å². The number of aliphatic carboxylic acids is 1. The molecule has 132 valence electrons. The number of hydrogen-bond acceptors (Lipinski definition) is 4. The number of hydrogen-bond donors (Lipinski definition) is 2. The van der Waals surface area contributed by atoms with E-state index in [9.17, 15) is 15.0 Å². The largest absolute Gasteiger partial charge is 0.481 e. The SMILES string of the molecule is CC(C)(C)c1cc(CO)c(-c2cc(CC(=O)O)c(C(C)(C)C)s2)s1. The van der Waals surface area contributed by atoms with Crippen LogP contribution in [0.15, 0.2) is 12.1 Å². The smallest absolute Gasteiger partial charge is 0.307 e. The van der Waals surface area contributed by atoms with Gasteiger partial charge in [-0.1, -0.05) is 41.5 Å². The minimum atomic E-state index is -0.811. The summed E-state index contributed by atoms with van der Waals surface area (Å²) in [5, 5.41) is 19.0. The van der Waals surface area contributed by atoms with Crippen LogP contribution in [-0.2, 0) is 28.7 Å². The highest BCUT2D eigenvalue weighted by molar-refractivity contribution is 7.22. The fraction of sp³-hybridized carbons (Fsp3) is 0.526. The molecule has 24 heavy (non-hydrogen) atoms. The van der Waals surface area contributed by atoms with Crippen LogP contribution in [0.5, 0.6) is 0 Å². The van der Waals surface area contributed by atoms with Crippen LogP contribution in [0.4, 0.5) is 0 Å². The highest BCUT2D eigenvalue weighted by atomic mass is 32.1. The lowest BCUT2D eigenvalue weighted by molar-refractivity contribution is -0.136. The van der Waals surface area contributed by atoms with Crippen LogP contribution in [0.25, 0.3) is 9.75 Å². The lowest BCUT2D eigenvalue weighted by Gasteiger charge is -2.18. The number of carboxylic acids is 1. The van der Waals surface area contributed by atoms with Crippen LogP contribution in [0.3, 0.4) is 0 Å². The third kappa shape index (κ3) is 4.08. The zero-order chi connectivity index (χ0) is 18.3. The van der Waals surface area contributed by atoms with E-state index in [1.165, 1.54) is 4.88 Å². The van der Waals surface area contributed by atoms with Crippen LogP contribution >= 0.6 is 22.7 Å². The number of aliphatic hydroxyl groups excluding tert-OH is 1. The van der Waals surface area contributed by atoms with Gasteiger partial charge in [0.05, 0.1) is 17.9 Å². The summed E-state index contributed by atoms with van der Waals surface area (Å²) in [6, 6.07) is 4.07. The van der Waals surface area contributed by atoms with E-state index in [2.05, 4.69) is 47.6 Å². The van der Waals surface area contributed by atoms with Gasteiger partial charge in [-0.2, -0.15) is 0 Å². The molecule has 0 saturated heterocycles. The molecule has 0 spiro atoms. The average Bonchev–Trinajstić information content (AvgIpc) is 2.99. The minimum Gasteiger partial charge on any atom is -0.481 e. The molecular weight excluding hydrogens is 340 g/mol. The Balaban J connectivity index is 2.59. The summed E-state index contributed by atoms with van der Waals surface area (Å²) in [4.78, 5) is 15.7. The van der Waals surface area contributed by atoms with Gasteiger partial charge in [-0.25, -0.2) is 0 Å². The van der Waals surface area contributed by atoms with Gasteiger partial charge in [0.2, 0.25) is 0 Å². The first-order chi connectivity index (χ1) is 10.9. The predicted octanol–water partition coefficient (Wildman–Crippen LogP) is 5.19. The molecular formula is C19H26O3S2. The van der Waals surface area contributed by atoms with Crippen LogP contribution in [-0.4, -0.2) is 16.2 Å². The average molecular weight is 367 g/mol. The van der Waals surface area contributed by atoms with Crippen molar-refractivity contribution in [2.75, 3.05) is 0 Å². The molecule has 0 radical (unpaired) electrons. The highest BCUT2D eigenvalue weighted by Crippen LogP contribution is 2.44. The number of carboxylic acid groups (broad SMARTS) is 1. The van der Waals surface area contributed by atoms with Crippen molar-refractivity contribution in [1.82, 2.24) is 0 Å². The lowest BCUT2D eigenvalue weighted by Crippen LogP contribution is -2.13. The molecule has 0 saturated carbocycles. The molecule has 5 heteroatoms. The van der Waals surface area contributed by atoms with Crippen molar-refractivity contribution in [3.05, 3.63) is 33.0 Å². The second-order valence-electron chi connectivity index (χ2n) is 8.16. The molecule has 0 unspecified atom stereocenters. The first kappa shape index (κ1) is 19.2. The van der Waals surface area contributed by atoms with E-state index in [-0.39, 0.29) is 23.9 Å². The molecule has 0 aromatic carbocycles. The van der Waals surface area contributed by atoms with E-state index in [0.717, 1.165) is 25.8 Å². The summed E-state index contributed by atoms with van der Waals surface area (Å²) in [7, 11) is 0. The summed E-state index contributed by atoms with van der Waals surface area (Å²) in [6.07, 6.45) is 0.0368. The lowest BCUT2D eigenvalue weighted by atomic mass is 9.90. The summed E-state index contributed by atoms with van der Waals surface area (Å²) in [5.41, 5.74) is 1.73. The maximum Gasteiger partial charge on any atom is 0.307 e. The van der Waals surface area contributed by atoms with Crippen molar-refractivity contribution in [3.63, 3.8) is 0 Å². The van der Waals surface area contributed by atoms with Gasteiger partial charge < -0.3 is 10.2 Å². The van der Waals surface area contributed by atoms with Crippen molar-refractivity contribution in [2.45, 2.75) is 65.4 Å². The molecule has 3 nitrogen and oxygen atoms in total. The first-order valence-electron chi connectivity index (χ1n) is 8.03. The van der Waals surface area contributed by atoms with Gasteiger partial charge >= 0.3 is 5.97 Å². The Morgan fingerprint density at radius 2 is 1.62 bits per heavy atom. The number of rotatable bonds is 4. The standard InChI is InChI=1S/C19H26O3S2/c1-18(2,3)14-8-12(10-20)16(24-14)13-7-11(9-15(21)22)17(23-13)19(4,5)6/h7-8,20H,9-10H2,1-6H3,(H,21,22). The fourth-order valence-corrected chi connectivity index (χ4v) is 5.20. The summed E-state index contributed by atoms with van der Waals surface area (Å²) >= 11 is 3.35. The van der Waals surface area contributed by atoms with Gasteiger partial charge in [0.15, 0.2) is 0 Å². The van der Waals surface area contributed by atoms with E-state index < -0.39 is 5.97 Å². The van der Waals surface area contributed by atoms with E-state index in [1.54, 1.807) is 22.7 Å². The second-order valence-corrected chi connectivity index (χ2v) is 10.3. The Hall–Kier alpha value is -1.17. The molecule has 2 heterocycles. The van der Waals surface area contributed by atoms with E-state index in [0.29, 0.717) is 0 Å². The van der Waals surface area contributed by atoms with Crippen molar-refractivity contribution in [3.8, 4) is 9.75 Å². The van der Waals surface area contributed by atoms with Crippen LogP contribution < -0.4 is 0 Å². The fourth-order valence-electron chi connectivity index (χ4n) is 2.59. The summed E-state index contributed by atoms with van der Waals surface area (Å²) < 4.78 is 0. The van der Waals surface area contributed by atoms with E-state index in [4.69, 9.17) is 0 Å². The quantitative estimate of drug-likeness (QED) is 0.783. The third-order valence-corrected chi connectivity index (χ3v) is 7.16. The predicted molar refractivity (Wildman–Crippen MR) is 102 cm³/mol. The monoisotopic (exact) mass is 366 g/mol. The molecule has 2 aromatic rings. The molecule has 2 N–H and O–H groups in total. The molecule has 2 aromatic heterocycles. The van der Waals surface area contributed by atoms with Crippen molar-refractivity contribution < 1.29 is 15.0 Å². The van der Waals surface area contributed by atoms with Gasteiger partial charge in [-0.05, 0) is 34.1 Å². The maximum absolute atomic E-state index is 11.2. The molecule has 0 atom stereocenters. The minimum absolute atomic E-state index is 0.00106. The van der Waals surface area contributed by atoms with E-state index >= 15 is 0 Å². The van der Waals surface area contributed by atoms with Crippen LogP contribution in [0.1, 0.15) is 62.4 Å². The van der Waals surface area contributed by atoms with Gasteiger partial charge in [0.25, 0.3) is 0 Å². The van der Waals surface area contributed by atoms with Gasteiger partial charge in [0.1, 0.15) is 0 Å². The normalized spacial score (nSPS) is 12.6. The molecule has 0 aliphatic heterocycles. The summed E-state index contributed by atoms with van der Waals surface area (Å²) in [5.74, 6) is -0.811. The molecule has 0 aliphatic rings. The van der Waals surface area contributed by atoms with Gasteiger partial charge in [-0.3, -0.25) is 4.79 Å².